The first kappa shape index (κ1) is 11.6. The summed E-state index contributed by atoms with van der Waals surface area (Å²) in [7, 11) is 3.10. The van der Waals surface area contributed by atoms with E-state index in [1.807, 2.05) is 0 Å². The maximum Gasteiger partial charge on any atom is 0.161 e. The summed E-state index contributed by atoms with van der Waals surface area (Å²) < 4.78 is 10.2. The first-order valence-corrected chi connectivity index (χ1v) is 4.64. The van der Waals surface area contributed by atoms with Gasteiger partial charge in [-0.1, -0.05) is 11.6 Å². The zero-order valence-corrected chi connectivity index (χ0v) is 9.25. The maximum atomic E-state index is 10.2. The van der Waals surface area contributed by atoms with Crippen molar-refractivity contribution in [3.05, 3.63) is 29.8 Å². The van der Waals surface area contributed by atoms with Gasteiger partial charge in [0.05, 0.1) is 19.3 Å². The Labute approximate surface area is 93.3 Å². The van der Waals surface area contributed by atoms with Crippen LogP contribution in [0.1, 0.15) is 5.56 Å². The molecule has 1 aromatic rings. The molecule has 1 rings (SSSR count). The highest BCUT2D eigenvalue weighted by molar-refractivity contribution is 6.49. The van der Waals surface area contributed by atoms with Crippen LogP contribution in [-0.2, 0) is 4.79 Å². The van der Waals surface area contributed by atoms with E-state index in [2.05, 4.69) is 0 Å². The summed E-state index contributed by atoms with van der Waals surface area (Å²) in [6, 6.07) is 5.19. The van der Waals surface area contributed by atoms with Crippen LogP contribution in [-0.4, -0.2) is 20.5 Å². The lowest BCUT2D eigenvalue weighted by molar-refractivity contribution is -0.104. The van der Waals surface area contributed by atoms with Crippen molar-refractivity contribution in [2.45, 2.75) is 0 Å². The van der Waals surface area contributed by atoms with E-state index >= 15 is 0 Å². The summed E-state index contributed by atoms with van der Waals surface area (Å²) in [4.78, 5) is 10.2. The van der Waals surface area contributed by atoms with Crippen molar-refractivity contribution < 1.29 is 14.3 Å². The molecule has 0 aromatic heterocycles. The Morgan fingerprint density at radius 2 is 1.93 bits per heavy atom. The molecule has 3 nitrogen and oxygen atoms in total. The van der Waals surface area contributed by atoms with Gasteiger partial charge < -0.3 is 9.47 Å². The second-order valence-corrected chi connectivity index (χ2v) is 3.13. The molecule has 4 heteroatoms. The predicted molar refractivity (Wildman–Crippen MR) is 59.4 cm³/mol. The van der Waals surface area contributed by atoms with Crippen LogP contribution in [0.5, 0.6) is 11.5 Å². The average molecular weight is 227 g/mol. The number of aldehydes is 1. The lowest BCUT2D eigenvalue weighted by Gasteiger charge is -2.08. The normalized spacial score (nSPS) is 11.0. The van der Waals surface area contributed by atoms with E-state index < -0.39 is 0 Å². The monoisotopic (exact) mass is 226 g/mol. The summed E-state index contributed by atoms with van der Waals surface area (Å²) in [6.45, 7) is 0. The van der Waals surface area contributed by atoms with Crippen LogP contribution in [0.3, 0.4) is 0 Å². The Bertz CT molecular complexity index is 385. The van der Waals surface area contributed by atoms with Crippen molar-refractivity contribution in [3.63, 3.8) is 0 Å². The molecule has 0 bridgehead atoms. The van der Waals surface area contributed by atoms with Crippen LogP contribution in [0, 0.1) is 0 Å². The van der Waals surface area contributed by atoms with Crippen molar-refractivity contribution in [2.24, 2.45) is 0 Å². The lowest BCUT2D eigenvalue weighted by atomic mass is 10.2. The molecule has 0 spiro atoms. The third-order valence-electron chi connectivity index (χ3n) is 1.87. The van der Waals surface area contributed by atoms with Crippen molar-refractivity contribution in [2.75, 3.05) is 14.2 Å². The van der Waals surface area contributed by atoms with Gasteiger partial charge in [-0.05, 0) is 29.8 Å². The fourth-order valence-electron chi connectivity index (χ4n) is 1.14. The van der Waals surface area contributed by atoms with E-state index in [1.54, 1.807) is 32.4 Å². The van der Waals surface area contributed by atoms with Gasteiger partial charge in [0.2, 0.25) is 0 Å². The number of hydrogen-bond acceptors (Lipinski definition) is 3. The fourth-order valence-corrected chi connectivity index (χ4v) is 1.31. The van der Waals surface area contributed by atoms with Gasteiger partial charge >= 0.3 is 0 Å². The highest BCUT2D eigenvalue weighted by Gasteiger charge is 2.06. The SMILES string of the molecule is COc1ccc(C(Cl)=CC=O)cc1OC. The molecule has 1 aromatic carbocycles. The fraction of sp³-hybridized carbons (Fsp3) is 0.182. The lowest BCUT2D eigenvalue weighted by Crippen LogP contribution is -1.91. The predicted octanol–water partition coefficient (Wildman–Crippen LogP) is 2.48. The Balaban J connectivity index is 3.13. The Kier molecular flexibility index (Phi) is 4.18. The summed E-state index contributed by atoms with van der Waals surface area (Å²) in [6.07, 6.45) is 1.92. The summed E-state index contributed by atoms with van der Waals surface area (Å²) in [5.41, 5.74) is 0.710. The van der Waals surface area contributed by atoms with Gasteiger partial charge in [-0.25, -0.2) is 0 Å². The first-order valence-electron chi connectivity index (χ1n) is 4.26. The number of benzene rings is 1. The van der Waals surface area contributed by atoms with Gasteiger partial charge in [0.15, 0.2) is 11.5 Å². The van der Waals surface area contributed by atoms with Crippen LogP contribution in [0.15, 0.2) is 24.3 Å². The topological polar surface area (TPSA) is 35.5 Å². The molecule has 0 saturated carbocycles. The van der Waals surface area contributed by atoms with E-state index in [9.17, 15) is 4.79 Å². The second kappa shape index (κ2) is 5.41. The van der Waals surface area contributed by atoms with Gasteiger partial charge in [-0.2, -0.15) is 0 Å². The minimum atomic E-state index is 0.367. The molecular formula is C11H11ClO3. The van der Waals surface area contributed by atoms with Crippen LogP contribution >= 0.6 is 11.6 Å². The molecular weight excluding hydrogens is 216 g/mol. The Morgan fingerprint density at radius 1 is 1.27 bits per heavy atom. The van der Waals surface area contributed by atoms with Gasteiger partial charge in [0.1, 0.15) is 6.29 Å². The number of halogens is 1. The van der Waals surface area contributed by atoms with E-state index in [1.165, 1.54) is 6.08 Å². The van der Waals surface area contributed by atoms with Gasteiger partial charge in [0, 0.05) is 0 Å². The average Bonchev–Trinajstić information content (AvgIpc) is 2.28. The van der Waals surface area contributed by atoms with E-state index in [0.717, 1.165) is 0 Å². The van der Waals surface area contributed by atoms with Crippen molar-refractivity contribution in [3.8, 4) is 11.5 Å². The number of carbonyl (C=O) groups is 1. The number of allylic oxidation sites excluding steroid dienone is 1. The second-order valence-electron chi connectivity index (χ2n) is 2.72. The van der Waals surface area contributed by atoms with Crippen LogP contribution in [0.25, 0.3) is 5.03 Å². The van der Waals surface area contributed by atoms with E-state index in [-0.39, 0.29) is 0 Å². The number of methoxy groups -OCH3 is 2. The molecule has 0 aliphatic carbocycles. The van der Waals surface area contributed by atoms with Gasteiger partial charge in [0.25, 0.3) is 0 Å². The molecule has 0 atom stereocenters. The largest absolute Gasteiger partial charge is 0.493 e. The summed E-state index contributed by atoms with van der Waals surface area (Å²) in [5.74, 6) is 1.20. The standard InChI is InChI=1S/C11H11ClO3/c1-14-10-4-3-8(7-11(10)15-2)9(12)5-6-13/h3-7H,1-2H3. The Morgan fingerprint density at radius 3 is 2.47 bits per heavy atom. The number of ether oxygens (including phenoxy) is 2. The molecule has 0 heterocycles. The minimum absolute atomic E-state index is 0.367. The van der Waals surface area contributed by atoms with Crippen molar-refractivity contribution in [1.82, 2.24) is 0 Å². The molecule has 0 unspecified atom stereocenters. The number of rotatable bonds is 4. The highest BCUT2D eigenvalue weighted by Crippen LogP contribution is 2.31. The van der Waals surface area contributed by atoms with Crippen LogP contribution < -0.4 is 9.47 Å². The van der Waals surface area contributed by atoms with E-state index in [4.69, 9.17) is 21.1 Å². The van der Waals surface area contributed by atoms with Crippen LogP contribution in [0.2, 0.25) is 0 Å². The van der Waals surface area contributed by atoms with Crippen LogP contribution in [0.4, 0.5) is 0 Å². The van der Waals surface area contributed by atoms with Crippen molar-refractivity contribution in [1.29, 1.82) is 0 Å². The van der Waals surface area contributed by atoms with Gasteiger partial charge in [-0.3, -0.25) is 4.79 Å². The van der Waals surface area contributed by atoms with Crippen molar-refractivity contribution >= 4 is 22.9 Å². The quantitative estimate of drug-likeness (QED) is 0.585. The third-order valence-corrected chi connectivity index (χ3v) is 2.22. The Hall–Kier alpha value is -1.48. The van der Waals surface area contributed by atoms with Gasteiger partial charge in [-0.15, -0.1) is 0 Å². The smallest absolute Gasteiger partial charge is 0.161 e. The minimum Gasteiger partial charge on any atom is -0.493 e. The summed E-state index contributed by atoms with van der Waals surface area (Å²) in [5, 5.41) is 0.367. The molecule has 0 N–H and O–H groups in total. The van der Waals surface area contributed by atoms with E-state index in [0.29, 0.717) is 28.4 Å². The molecule has 0 aliphatic heterocycles. The third kappa shape index (κ3) is 2.73. The molecule has 0 saturated heterocycles. The molecule has 0 aliphatic rings. The molecule has 0 fully saturated rings. The summed E-state index contributed by atoms with van der Waals surface area (Å²) >= 11 is 5.86. The molecule has 15 heavy (non-hydrogen) atoms. The molecule has 80 valence electrons. The number of carbonyl (C=O) groups excluding carboxylic acids is 1. The zero-order valence-electron chi connectivity index (χ0n) is 8.49. The highest BCUT2D eigenvalue weighted by atomic mass is 35.5. The zero-order chi connectivity index (χ0) is 11.3. The molecule has 0 amide bonds. The molecule has 0 radical (unpaired) electrons. The number of hydrogen-bond donors (Lipinski definition) is 0. The first-order chi connectivity index (χ1) is 7.22. The maximum absolute atomic E-state index is 10.2.